The highest BCUT2D eigenvalue weighted by Gasteiger charge is 2.37. The molecule has 5 heteroatoms. The number of carbonyl (C=O) groups is 3. The summed E-state index contributed by atoms with van der Waals surface area (Å²) >= 11 is 1.62. The lowest BCUT2D eigenvalue weighted by Gasteiger charge is -2.14. The van der Waals surface area contributed by atoms with Crippen molar-refractivity contribution in [2.24, 2.45) is 5.92 Å². The number of nitrogens with zero attached hydrogens (tertiary/aromatic N) is 1. The molecular formula is C17H29NO3S. The van der Waals surface area contributed by atoms with Crippen LogP contribution in [-0.2, 0) is 14.4 Å². The maximum Gasteiger partial charge on any atom is 0.242 e. The molecule has 0 aromatic heterocycles. The van der Waals surface area contributed by atoms with Crippen LogP contribution in [0.5, 0.6) is 0 Å². The van der Waals surface area contributed by atoms with Crippen LogP contribution in [0.4, 0.5) is 0 Å². The molecule has 1 atom stereocenters. The van der Waals surface area contributed by atoms with Gasteiger partial charge in [0.05, 0.1) is 5.25 Å². The highest BCUT2D eigenvalue weighted by atomic mass is 32.2. The highest BCUT2D eigenvalue weighted by molar-refractivity contribution is 8.00. The van der Waals surface area contributed by atoms with E-state index in [1.807, 2.05) is 13.8 Å². The predicted molar refractivity (Wildman–Crippen MR) is 90.8 cm³/mol. The topological polar surface area (TPSA) is 54.5 Å². The lowest BCUT2D eigenvalue weighted by atomic mass is 10.0. The van der Waals surface area contributed by atoms with E-state index in [1.165, 1.54) is 4.90 Å². The number of amides is 2. The standard InChI is InChI=1S/C17H29NO3S/c1-4-5-11-22-15-12-16(20)18(17(15)21)10-8-6-7-9-14(19)13(2)3/h13,15H,4-12H2,1-3H3. The number of rotatable bonds is 11. The van der Waals surface area contributed by atoms with E-state index in [4.69, 9.17) is 0 Å². The van der Waals surface area contributed by atoms with Crippen molar-refractivity contribution in [2.75, 3.05) is 12.3 Å². The molecule has 1 rings (SSSR count). The van der Waals surface area contributed by atoms with Gasteiger partial charge in [0.2, 0.25) is 11.8 Å². The SMILES string of the molecule is CCCCSC1CC(=O)N(CCCCCC(=O)C(C)C)C1=O. The van der Waals surface area contributed by atoms with Crippen molar-refractivity contribution < 1.29 is 14.4 Å². The average Bonchev–Trinajstić information content (AvgIpc) is 2.74. The minimum absolute atomic E-state index is 0.00985. The first-order valence-electron chi connectivity index (χ1n) is 8.45. The molecule has 0 aromatic carbocycles. The van der Waals surface area contributed by atoms with Gasteiger partial charge in [-0.2, -0.15) is 0 Å². The molecule has 1 fully saturated rings. The zero-order valence-electron chi connectivity index (χ0n) is 14.1. The van der Waals surface area contributed by atoms with E-state index < -0.39 is 0 Å². The summed E-state index contributed by atoms with van der Waals surface area (Å²) in [5.74, 6) is 1.30. The van der Waals surface area contributed by atoms with Crippen LogP contribution in [0, 0.1) is 5.92 Å². The summed E-state index contributed by atoms with van der Waals surface area (Å²) in [7, 11) is 0. The van der Waals surface area contributed by atoms with Gasteiger partial charge in [-0.1, -0.05) is 33.6 Å². The monoisotopic (exact) mass is 327 g/mol. The molecule has 1 aliphatic heterocycles. The van der Waals surface area contributed by atoms with E-state index in [-0.39, 0.29) is 23.0 Å². The average molecular weight is 327 g/mol. The maximum absolute atomic E-state index is 12.2. The number of thioether (sulfide) groups is 1. The van der Waals surface area contributed by atoms with Gasteiger partial charge in [-0.25, -0.2) is 0 Å². The predicted octanol–water partition coefficient (Wildman–Crippen LogP) is 3.43. The Hall–Kier alpha value is -0.840. The fourth-order valence-electron chi connectivity index (χ4n) is 2.42. The number of imide groups is 1. The first-order valence-corrected chi connectivity index (χ1v) is 9.50. The van der Waals surface area contributed by atoms with Gasteiger partial charge in [-0.05, 0) is 25.0 Å². The van der Waals surface area contributed by atoms with Gasteiger partial charge in [0.15, 0.2) is 0 Å². The molecular weight excluding hydrogens is 298 g/mol. The Labute approximate surface area is 138 Å². The molecule has 0 aromatic rings. The van der Waals surface area contributed by atoms with Gasteiger partial charge in [0.25, 0.3) is 0 Å². The Morgan fingerprint density at radius 1 is 1.23 bits per heavy atom. The quantitative estimate of drug-likeness (QED) is 0.431. The van der Waals surface area contributed by atoms with Crippen LogP contribution in [0.2, 0.25) is 0 Å². The van der Waals surface area contributed by atoms with E-state index in [1.54, 1.807) is 11.8 Å². The second kappa shape index (κ2) is 10.0. The summed E-state index contributed by atoms with van der Waals surface area (Å²) in [4.78, 5) is 37.1. The van der Waals surface area contributed by atoms with Crippen LogP contribution in [0.1, 0.15) is 65.7 Å². The van der Waals surface area contributed by atoms with E-state index in [9.17, 15) is 14.4 Å². The minimum Gasteiger partial charge on any atom is -0.299 e. The van der Waals surface area contributed by atoms with Gasteiger partial charge in [-0.15, -0.1) is 11.8 Å². The lowest BCUT2D eigenvalue weighted by molar-refractivity contribution is -0.138. The molecule has 0 N–H and O–H groups in total. The summed E-state index contributed by atoms with van der Waals surface area (Å²) in [6.07, 6.45) is 5.71. The lowest BCUT2D eigenvalue weighted by Crippen LogP contribution is -2.32. The second-order valence-corrected chi connectivity index (χ2v) is 7.54. The largest absolute Gasteiger partial charge is 0.299 e. The van der Waals surface area contributed by atoms with Gasteiger partial charge in [0, 0.05) is 25.3 Å². The van der Waals surface area contributed by atoms with Crippen molar-refractivity contribution in [2.45, 2.75) is 71.0 Å². The third kappa shape index (κ3) is 6.11. The molecule has 1 heterocycles. The summed E-state index contributed by atoms with van der Waals surface area (Å²) < 4.78 is 0. The number of Topliss-reactive ketones (excluding diaryl/α,β-unsaturated/α-hetero) is 1. The number of likely N-dealkylation sites (tertiary alicyclic amines) is 1. The number of hydrogen-bond donors (Lipinski definition) is 0. The molecule has 0 saturated carbocycles. The molecule has 126 valence electrons. The Kier molecular flexibility index (Phi) is 8.76. The van der Waals surface area contributed by atoms with E-state index >= 15 is 0 Å². The summed E-state index contributed by atoms with van der Waals surface area (Å²) in [5.41, 5.74) is 0. The normalized spacial score (nSPS) is 18.5. The number of carbonyl (C=O) groups excluding carboxylic acids is 3. The molecule has 1 unspecified atom stereocenters. The zero-order chi connectivity index (χ0) is 16.5. The van der Waals surface area contributed by atoms with Crippen LogP contribution in [-0.4, -0.2) is 40.0 Å². The smallest absolute Gasteiger partial charge is 0.242 e. The Morgan fingerprint density at radius 3 is 2.59 bits per heavy atom. The van der Waals surface area contributed by atoms with Gasteiger partial charge >= 0.3 is 0 Å². The van der Waals surface area contributed by atoms with Crippen molar-refractivity contribution in [3.05, 3.63) is 0 Å². The highest BCUT2D eigenvalue weighted by Crippen LogP contribution is 2.26. The fourth-order valence-corrected chi connectivity index (χ4v) is 3.69. The van der Waals surface area contributed by atoms with E-state index in [0.717, 1.165) is 37.9 Å². The maximum atomic E-state index is 12.2. The molecule has 2 amide bonds. The van der Waals surface area contributed by atoms with Crippen molar-refractivity contribution in [3.63, 3.8) is 0 Å². The molecule has 1 saturated heterocycles. The third-order valence-electron chi connectivity index (χ3n) is 3.97. The van der Waals surface area contributed by atoms with Crippen LogP contribution >= 0.6 is 11.8 Å². The first kappa shape index (κ1) is 19.2. The second-order valence-electron chi connectivity index (χ2n) is 6.23. The molecule has 4 nitrogen and oxygen atoms in total. The summed E-state index contributed by atoms with van der Waals surface area (Å²) in [6, 6.07) is 0. The van der Waals surface area contributed by atoms with Gasteiger partial charge in [-0.3, -0.25) is 19.3 Å². The molecule has 0 spiro atoms. The number of unbranched alkanes of at least 4 members (excludes halogenated alkanes) is 3. The van der Waals surface area contributed by atoms with Crippen LogP contribution in [0.15, 0.2) is 0 Å². The minimum atomic E-state index is -0.165. The van der Waals surface area contributed by atoms with E-state index in [0.29, 0.717) is 25.2 Å². The first-order chi connectivity index (χ1) is 10.5. The van der Waals surface area contributed by atoms with Crippen molar-refractivity contribution in [1.29, 1.82) is 0 Å². The molecule has 1 aliphatic rings. The number of hydrogen-bond acceptors (Lipinski definition) is 4. The summed E-state index contributed by atoms with van der Waals surface area (Å²) in [5, 5.41) is -0.165. The fraction of sp³-hybridized carbons (Fsp3) is 0.824. The van der Waals surface area contributed by atoms with Crippen molar-refractivity contribution in [1.82, 2.24) is 4.90 Å². The van der Waals surface area contributed by atoms with Crippen molar-refractivity contribution >= 4 is 29.4 Å². The summed E-state index contributed by atoms with van der Waals surface area (Å²) in [6.45, 7) is 6.47. The molecule has 0 aliphatic carbocycles. The van der Waals surface area contributed by atoms with Crippen LogP contribution in [0.3, 0.4) is 0 Å². The molecule has 0 bridgehead atoms. The van der Waals surface area contributed by atoms with Crippen LogP contribution in [0.25, 0.3) is 0 Å². The van der Waals surface area contributed by atoms with E-state index in [2.05, 4.69) is 6.92 Å². The molecule has 22 heavy (non-hydrogen) atoms. The molecule has 0 radical (unpaired) electrons. The zero-order valence-corrected chi connectivity index (χ0v) is 14.9. The van der Waals surface area contributed by atoms with Gasteiger partial charge < -0.3 is 0 Å². The Morgan fingerprint density at radius 2 is 1.95 bits per heavy atom. The Bertz CT molecular complexity index is 395. The van der Waals surface area contributed by atoms with Crippen LogP contribution < -0.4 is 0 Å². The third-order valence-corrected chi connectivity index (χ3v) is 5.26. The van der Waals surface area contributed by atoms with Gasteiger partial charge in [0.1, 0.15) is 5.78 Å². The van der Waals surface area contributed by atoms with Crippen molar-refractivity contribution in [3.8, 4) is 0 Å². The number of ketones is 1. The Balaban J connectivity index is 2.24.